The van der Waals surface area contributed by atoms with Gasteiger partial charge in [0.15, 0.2) is 5.82 Å². The molecule has 0 fully saturated rings. The summed E-state index contributed by atoms with van der Waals surface area (Å²) in [6.45, 7) is 2.70. The van der Waals surface area contributed by atoms with Gasteiger partial charge in [0, 0.05) is 19.4 Å². The molecule has 72 valence electrons. The van der Waals surface area contributed by atoms with Gasteiger partial charge in [-0.1, -0.05) is 12.1 Å². The minimum atomic E-state index is 0.630. The second-order valence-corrected chi connectivity index (χ2v) is 2.72. The average molecular weight is 182 g/mol. The van der Waals surface area contributed by atoms with Crippen LogP contribution in [0, 0.1) is 0 Å². The molecule has 0 aliphatic carbocycles. The predicted molar refractivity (Wildman–Crippen MR) is 49.4 cm³/mol. The summed E-state index contributed by atoms with van der Waals surface area (Å²) in [4.78, 5) is 8.03. The maximum absolute atomic E-state index is 5.61. The van der Waals surface area contributed by atoms with Gasteiger partial charge in [-0.15, -0.1) is 0 Å². The summed E-state index contributed by atoms with van der Waals surface area (Å²) in [6.07, 6.45) is 3.87. The molecule has 5 nitrogen and oxygen atoms in total. The van der Waals surface area contributed by atoms with Crippen LogP contribution in [0.2, 0.25) is 0 Å². The van der Waals surface area contributed by atoms with Crippen LogP contribution >= 0.6 is 0 Å². The lowest BCUT2D eigenvalue weighted by Crippen LogP contribution is -2.12. The lowest BCUT2D eigenvalue weighted by molar-refractivity contribution is 0.410. The van der Waals surface area contributed by atoms with E-state index in [-0.39, 0.29) is 0 Å². The number of nitrogens with two attached hydrogens (primary N) is 1. The van der Waals surface area contributed by atoms with E-state index in [0.29, 0.717) is 24.6 Å². The second kappa shape index (κ2) is 5.29. The van der Waals surface area contributed by atoms with Gasteiger partial charge in [0.25, 0.3) is 0 Å². The van der Waals surface area contributed by atoms with Gasteiger partial charge in [0.2, 0.25) is 6.39 Å². The average Bonchev–Trinajstić information content (AvgIpc) is 2.57. The molecule has 1 aromatic heterocycles. The van der Waals surface area contributed by atoms with Crippen molar-refractivity contribution in [3.8, 4) is 0 Å². The molecule has 0 radical (unpaired) electrons. The normalized spacial score (nSPS) is 11.9. The Hall–Kier alpha value is -1.39. The Morgan fingerprint density at radius 1 is 1.69 bits per heavy atom. The lowest BCUT2D eigenvalue weighted by atomic mass is 10.3. The number of aliphatic imine (C=N–C) groups is 1. The topological polar surface area (TPSA) is 77.3 Å². The molecule has 0 amide bonds. The van der Waals surface area contributed by atoms with Gasteiger partial charge in [-0.3, -0.25) is 4.99 Å². The largest absolute Gasteiger partial charge is 0.387 e. The first-order valence-corrected chi connectivity index (χ1v) is 4.37. The van der Waals surface area contributed by atoms with Crippen LogP contribution in [0.25, 0.3) is 0 Å². The van der Waals surface area contributed by atoms with Crippen LogP contribution < -0.4 is 5.73 Å². The van der Waals surface area contributed by atoms with E-state index in [0.717, 1.165) is 12.8 Å². The van der Waals surface area contributed by atoms with Crippen LogP contribution in [0.5, 0.6) is 0 Å². The van der Waals surface area contributed by atoms with Gasteiger partial charge < -0.3 is 10.3 Å². The predicted octanol–water partition coefficient (Wildman–Crippen LogP) is 0.769. The fourth-order valence-corrected chi connectivity index (χ4v) is 0.937. The summed E-state index contributed by atoms with van der Waals surface area (Å²) in [5, 5.41) is 3.66. The summed E-state index contributed by atoms with van der Waals surface area (Å²) >= 11 is 0. The van der Waals surface area contributed by atoms with Crippen molar-refractivity contribution >= 4 is 5.84 Å². The Morgan fingerprint density at radius 3 is 3.15 bits per heavy atom. The first-order chi connectivity index (χ1) is 6.33. The molecule has 0 bridgehead atoms. The maximum atomic E-state index is 5.61. The SMILES string of the molecule is CCCC(N)=NCCc1ncon1. The van der Waals surface area contributed by atoms with Crippen LogP contribution in [0.4, 0.5) is 0 Å². The third-order valence-corrected chi connectivity index (χ3v) is 1.56. The van der Waals surface area contributed by atoms with Crippen LogP contribution in [0.1, 0.15) is 25.6 Å². The summed E-state index contributed by atoms with van der Waals surface area (Å²) in [6, 6.07) is 0. The third kappa shape index (κ3) is 3.68. The highest BCUT2D eigenvalue weighted by atomic mass is 16.5. The molecule has 0 saturated heterocycles. The molecule has 1 rings (SSSR count). The Bertz CT molecular complexity index is 255. The molecule has 0 unspecified atom stereocenters. The van der Waals surface area contributed by atoms with Gasteiger partial charge in [0.05, 0.1) is 5.84 Å². The Kier molecular flexibility index (Phi) is 3.95. The minimum absolute atomic E-state index is 0.630. The highest BCUT2D eigenvalue weighted by Crippen LogP contribution is 1.92. The summed E-state index contributed by atoms with van der Waals surface area (Å²) in [5.74, 6) is 1.37. The number of hydrogen-bond donors (Lipinski definition) is 1. The van der Waals surface area contributed by atoms with Gasteiger partial charge in [0.1, 0.15) is 0 Å². The molecule has 0 saturated carbocycles. The van der Waals surface area contributed by atoms with Crippen LogP contribution in [-0.2, 0) is 6.42 Å². The molecule has 1 aromatic rings. The standard InChI is InChI=1S/C8H14N4O/c1-2-3-7(9)10-5-4-8-11-6-13-12-8/h6H,2-5H2,1H3,(H2,9,10). The monoisotopic (exact) mass is 182 g/mol. The van der Waals surface area contributed by atoms with Gasteiger partial charge >= 0.3 is 0 Å². The zero-order valence-corrected chi connectivity index (χ0v) is 7.73. The summed E-state index contributed by atoms with van der Waals surface area (Å²) in [7, 11) is 0. The number of amidine groups is 1. The van der Waals surface area contributed by atoms with E-state index in [1.807, 2.05) is 0 Å². The van der Waals surface area contributed by atoms with Crippen molar-refractivity contribution < 1.29 is 4.52 Å². The number of aromatic nitrogens is 2. The second-order valence-electron chi connectivity index (χ2n) is 2.72. The van der Waals surface area contributed by atoms with Crippen LogP contribution in [-0.4, -0.2) is 22.5 Å². The van der Waals surface area contributed by atoms with E-state index in [1.54, 1.807) is 0 Å². The quantitative estimate of drug-likeness (QED) is 0.539. The van der Waals surface area contributed by atoms with Crippen LogP contribution in [0.3, 0.4) is 0 Å². The summed E-state index contributed by atoms with van der Waals surface area (Å²) in [5.41, 5.74) is 5.61. The van der Waals surface area contributed by atoms with E-state index in [1.165, 1.54) is 6.39 Å². The molecule has 0 aliphatic heterocycles. The van der Waals surface area contributed by atoms with Crippen molar-refractivity contribution in [1.29, 1.82) is 0 Å². The van der Waals surface area contributed by atoms with Gasteiger partial charge in [-0.2, -0.15) is 4.98 Å². The fourth-order valence-electron chi connectivity index (χ4n) is 0.937. The lowest BCUT2D eigenvalue weighted by Gasteiger charge is -1.95. The molecule has 5 heteroatoms. The third-order valence-electron chi connectivity index (χ3n) is 1.56. The van der Waals surface area contributed by atoms with Gasteiger partial charge in [-0.05, 0) is 6.42 Å². The van der Waals surface area contributed by atoms with Crippen molar-refractivity contribution in [2.45, 2.75) is 26.2 Å². The number of hydrogen-bond acceptors (Lipinski definition) is 4. The van der Waals surface area contributed by atoms with Crippen LogP contribution in [0.15, 0.2) is 15.9 Å². The molecule has 0 atom stereocenters. The summed E-state index contributed by atoms with van der Waals surface area (Å²) < 4.78 is 4.58. The maximum Gasteiger partial charge on any atom is 0.213 e. The first-order valence-electron chi connectivity index (χ1n) is 4.37. The van der Waals surface area contributed by atoms with Crippen molar-refractivity contribution in [1.82, 2.24) is 10.1 Å². The van der Waals surface area contributed by atoms with Crippen molar-refractivity contribution in [3.63, 3.8) is 0 Å². The van der Waals surface area contributed by atoms with E-state index < -0.39 is 0 Å². The van der Waals surface area contributed by atoms with Crippen molar-refractivity contribution in [2.24, 2.45) is 10.7 Å². The zero-order chi connectivity index (χ0) is 9.52. The smallest absolute Gasteiger partial charge is 0.213 e. The molecule has 0 spiro atoms. The van der Waals surface area contributed by atoms with E-state index in [2.05, 4.69) is 26.6 Å². The van der Waals surface area contributed by atoms with Crippen molar-refractivity contribution in [3.05, 3.63) is 12.2 Å². The highest BCUT2D eigenvalue weighted by molar-refractivity contribution is 5.80. The molecule has 2 N–H and O–H groups in total. The van der Waals surface area contributed by atoms with E-state index >= 15 is 0 Å². The highest BCUT2D eigenvalue weighted by Gasteiger charge is 1.96. The molecule has 1 heterocycles. The minimum Gasteiger partial charge on any atom is -0.387 e. The molecule has 0 aliphatic rings. The Balaban J connectivity index is 2.24. The van der Waals surface area contributed by atoms with Crippen molar-refractivity contribution in [2.75, 3.05) is 6.54 Å². The number of rotatable bonds is 5. The van der Waals surface area contributed by atoms with E-state index in [9.17, 15) is 0 Å². The molecule has 0 aromatic carbocycles. The molecular weight excluding hydrogens is 168 g/mol. The molecule has 13 heavy (non-hydrogen) atoms. The van der Waals surface area contributed by atoms with Gasteiger partial charge in [-0.25, -0.2) is 0 Å². The van der Waals surface area contributed by atoms with E-state index in [4.69, 9.17) is 5.73 Å². The zero-order valence-electron chi connectivity index (χ0n) is 7.73. The fraction of sp³-hybridized carbons (Fsp3) is 0.625. The molecular formula is C8H14N4O. The number of nitrogens with zero attached hydrogens (tertiary/aromatic N) is 3. The Labute approximate surface area is 77.0 Å². The first kappa shape index (κ1) is 9.70. The Morgan fingerprint density at radius 2 is 2.54 bits per heavy atom.